The lowest BCUT2D eigenvalue weighted by atomic mass is 9.96. The second-order valence-corrected chi connectivity index (χ2v) is 4.42. The molecule has 0 saturated carbocycles. The molecule has 0 aromatic carbocycles. The maximum atomic E-state index is 11.7. The molecule has 0 radical (unpaired) electrons. The van der Waals surface area contributed by atoms with E-state index in [4.69, 9.17) is 15.6 Å². The first-order valence-corrected chi connectivity index (χ1v) is 5.39. The monoisotopic (exact) mass is 257 g/mol. The average molecular weight is 257 g/mol. The molecule has 18 heavy (non-hydrogen) atoms. The lowest BCUT2D eigenvalue weighted by molar-refractivity contribution is -0.0986. The maximum absolute atomic E-state index is 11.7. The van der Waals surface area contributed by atoms with Crippen molar-refractivity contribution < 1.29 is 20.1 Å². The molecule has 1 aliphatic rings. The zero-order chi connectivity index (χ0) is 13.5. The first-order valence-electron chi connectivity index (χ1n) is 5.39. The number of hydrogen-bond donors (Lipinski definition) is 4. The molecule has 100 valence electrons. The largest absolute Gasteiger partial charge is 0.394 e. The van der Waals surface area contributed by atoms with E-state index in [2.05, 4.69) is 4.98 Å². The summed E-state index contributed by atoms with van der Waals surface area (Å²) >= 11 is 0. The van der Waals surface area contributed by atoms with Gasteiger partial charge in [0.2, 0.25) is 0 Å². The van der Waals surface area contributed by atoms with E-state index in [1.807, 2.05) is 0 Å². The molecule has 0 spiro atoms. The van der Waals surface area contributed by atoms with E-state index in [0.717, 1.165) is 4.57 Å². The van der Waals surface area contributed by atoms with Crippen molar-refractivity contribution >= 4 is 5.82 Å². The van der Waals surface area contributed by atoms with E-state index >= 15 is 0 Å². The van der Waals surface area contributed by atoms with Crippen molar-refractivity contribution in [2.75, 3.05) is 12.3 Å². The van der Waals surface area contributed by atoms with Gasteiger partial charge in [-0.15, -0.1) is 0 Å². The minimum Gasteiger partial charge on any atom is -0.394 e. The van der Waals surface area contributed by atoms with E-state index in [0.29, 0.717) is 0 Å². The van der Waals surface area contributed by atoms with Crippen molar-refractivity contribution in [3.8, 4) is 0 Å². The van der Waals surface area contributed by atoms with Crippen LogP contribution in [0, 0.1) is 0 Å². The van der Waals surface area contributed by atoms with E-state index in [1.54, 1.807) is 0 Å². The highest BCUT2D eigenvalue weighted by atomic mass is 16.6. The number of hydrogen-bond acceptors (Lipinski definition) is 7. The number of aromatic nitrogens is 2. The lowest BCUT2D eigenvalue weighted by Crippen LogP contribution is -2.46. The van der Waals surface area contributed by atoms with Gasteiger partial charge in [-0.3, -0.25) is 4.57 Å². The van der Waals surface area contributed by atoms with E-state index < -0.39 is 36.3 Å². The topological polar surface area (TPSA) is 131 Å². The SMILES string of the molecule is C[C@]1(O)[C@H](O)[C@H](CO)O[C@H]1n1ccc(N)nc1=O. The number of aliphatic hydroxyl groups excluding tert-OH is 2. The zero-order valence-corrected chi connectivity index (χ0v) is 9.72. The molecule has 8 nitrogen and oxygen atoms in total. The summed E-state index contributed by atoms with van der Waals surface area (Å²) in [4.78, 5) is 15.2. The molecule has 1 aliphatic heterocycles. The second kappa shape index (κ2) is 4.32. The van der Waals surface area contributed by atoms with Crippen LogP contribution < -0.4 is 11.4 Å². The van der Waals surface area contributed by atoms with Crippen molar-refractivity contribution in [3.63, 3.8) is 0 Å². The number of ether oxygens (including phenoxy) is 1. The first kappa shape index (κ1) is 13.0. The zero-order valence-electron chi connectivity index (χ0n) is 9.72. The molecule has 5 N–H and O–H groups in total. The molecule has 0 aliphatic carbocycles. The summed E-state index contributed by atoms with van der Waals surface area (Å²) in [6.07, 6.45) is -2.09. The Morgan fingerprint density at radius 1 is 1.67 bits per heavy atom. The molecular formula is C10H15N3O5. The number of aliphatic hydroxyl groups is 3. The summed E-state index contributed by atoms with van der Waals surface area (Å²) in [6.45, 7) is 0.853. The Kier molecular flexibility index (Phi) is 3.11. The van der Waals surface area contributed by atoms with Crippen molar-refractivity contribution in [2.45, 2.75) is 31.0 Å². The Labute approximate surface area is 102 Å². The van der Waals surface area contributed by atoms with Gasteiger partial charge < -0.3 is 25.8 Å². The fourth-order valence-electron chi connectivity index (χ4n) is 1.99. The van der Waals surface area contributed by atoms with Crippen LogP contribution in [0.1, 0.15) is 13.2 Å². The lowest BCUT2D eigenvalue weighted by Gasteiger charge is -2.27. The second-order valence-electron chi connectivity index (χ2n) is 4.42. The standard InChI is InChI=1S/C10H15N3O5/c1-10(17)7(15)5(4-14)18-8(10)13-3-2-6(11)12-9(13)16/h2-3,5,7-8,14-15,17H,4H2,1H3,(H2,11,12,16)/t5-,7+,8+,10-/m0/s1. The number of nitrogen functional groups attached to an aromatic ring is 1. The van der Waals surface area contributed by atoms with Gasteiger partial charge in [0.15, 0.2) is 6.23 Å². The third kappa shape index (κ3) is 1.89. The third-order valence-electron chi connectivity index (χ3n) is 3.04. The van der Waals surface area contributed by atoms with Crippen LogP contribution in [0.3, 0.4) is 0 Å². The van der Waals surface area contributed by atoms with E-state index in [9.17, 15) is 15.0 Å². The van der Waals surface area contributed by atoms with Crippen molar-refractivity contribution in [1.29, 1.82) is 0 Å². The van der Waals surface area contributed by atoms with Crippen LogP contribution in [0.15, 0.2) is 17.1 Å². The Morgan fingerprint density at radius 2 is 2.33 bits per heavy atom. The predicted molar refractivity (Wildman–Crippen MR) is 60.5 cm³/mol. The van der Waals surface area contributed by atoms with E-state index in [1.165, 1.54) is 19.2 Å². The molecular weight excluding hydrogens is 242 g/mol. The molecule has 4 atom stereocenters. The van der Waals surface area contributed by atoms with Crippen LogP contribution in [0.25, 0.3) is 0 Å². The van der Waals surface area contributed by atoms with Gasteiger partial charge in [-0.2, -0.15) is 4.98 Å². The van der Waals surface area contributed by atoms with Gasteiger partial charge in [0.25, 0.3) is 0 Å². The van der Waals surface area contributed by atoms with Crippen LogP contribution >= 0.6 is 0 Å². The fourth-order valence-corrected chi connectivity index (χ4v) is 1.99. The Bertz CT molecular complexity index is 501. The van der Waals surface area contributed by atoms with Crippen molar-refractivity contribution in [3.05, 3.63) is 22.7 Å². The van der Waals surface area contributed by atoms with Crippen LogP contribution in [-0.4, -0.2) is 49.3 Å². The molecule has 2 rings (SSSR count). The summed E-state index contributed by atoms with van der Waals surface area (Å²) in [5.41, 5.74) is 2.94. The fraction of sp³-hybridized carbons (Fsp3) is 0.600. The summed E-state index contributed by atoms with van der Waals surface area (Å²) in [5, 5.41) is 29.0. The Balaban J connectivity index is 2.42. The summed E-state index contributed by atoms with van der Waals surface area (Å²) < 4.78 is 6.30. The first-order chi connectivity index (χ1) is 8.37. The van der Waals surface area contributed by atoms with Crippen molar-refractivity contribution in [2.24, 2.45) is 0 Å². The summed E-state index contributed by atoms with van der Waals surface area (Å²) in [5.74, 6) is 0.0492. The molecule has 2 heterocycles. The third-order valence-corrected chi connectivity index (χ3v) is 3.04. The molecule has 1 fully saturated rings. The number of rotatable bonds is 2. The highest BCUT2D eigenvalue weighted by Crippen LogP contribution is 2.37. The average Bonchev–Trinajstić information content (AvgIpc) is 2.52. The van der Waals surface area contributed by atoms with Gasteiger partial charge in [0.1, 0.15) is 23.6 Å². The molecule has 0 bridgehead atoms. The van der Waals surface area contributed by atoms with Crippen molar-refractivity contribution in [1.82, 2.24) is 9.55 Å². The molecule has 1 saturated heterocycles. The minimum absolute atomic E-state index is 0.0492. The summed E-state index contributed by atoms with van der Waals surface area (Å²) in [6, 6.07) is 1.37. The predicted octanol–water partition coefficient (Wildman–Crippen LogP) is -2.17. The molecule has 0 amide bonds. The van der Waals surface area contributed by atoms with Gasteiger partial charge in [0.05, 0.1) is 6.61 Å². The number of anilines is 1. The highest BCUT2D eigenvalue weighted by molar-refractivity contribution is 5.23. The highest BCUT2D eigenvalue weighted by Gasteiger charge is 2.53. The smallest absolute Gasteiger partial charge is 0.351 e. The van der Waals surface area contributed by atoms with Crippen LogP contribution in [0.4, 0.5) is 5.82 Å². The van der Waals surface area contributed by atoms with Gasteiger partial charge >= 0.3 is 5.69 Å². The Hall–Kier alpha value is -1.48. The van der Waals surface area contributed by atoms with Crippen LogP contribution in [-0.2, 0) is 4.74 Å². The van der Waals surface area contributed by atoms with Crippen LogP contribution in [0.5, 0.6) is 0 Å². The quantitative estimate of drug-likeness (QED) is 0.474. The van der Waals surface area contributed by atoms with Gasteiger partial charge in [-0.05, 0) is 13.0 Å². The molecule has 1 aromatic rings. The Morgan fingerprint density at radius 3 is 2.83 bits per heavy atom. The summed E-state index contributed by atoms with van der Waals surface area (Å²) in [7, 11) is 0. The number of nitrogens with two attached hydrogens (primary N) is 1. The maximum Gasteiger partial charge on any atom is 0.351 e. The van der Waals surface area contributed by atoms with E-state index in [-0.39, 0.29) is 5.82 Å². The molecule has 8 heteroatoms. The molecule has 0 unspecified atom stereocenters. The molecule has 1 aromatic heterocycles. The van der Waals surface area contributed by atoms with Gasteiger partial charge in [-0.25, -0.2) is 4.79 Å². The normalized spacial score (nSPS) is 35.9. The van der Waals surface area contributed by atoms with Gasteiger partial charge in [0, 0.05) is 6.20 Å². The van der Waals surface area contributed by atoms with Crippen LogP contribution in [0.2, 0.25) is 0 Å². The minimum atomic E-state index is -1.71. The number of nitrogens with zero attached hydrogens (tertiary/aromatic N) is 2. The van der Waals surface area contributed by atoms with Gasteiger partial charge in [-0.1, -0.05) is 0 Å².